The fourth-order valence-electron chi connectivity index (χ4n) is 2.37. The van der Waals surface area contributed by atoms with Gasteiger partial charge in [-0.2, -0.15) is 0 Å². The number of fused-ring (bicyclic) bond motifs is 1. The molecule has 0 aromatic heterocycles. The number of hydrogen-bond donors (Lipinski definition) is 0. The third kappa shape index (κ3) is 6.05. The molecule has 22 heavy (non-hydrogen) atoms. The topological polar surface area (TPSA) is 0 Å². The molecule has 2 aromatic carbocycles. The molecule has 0 aliphatic heterocycles. The molecule has 0 bridgehead atoms. The summed E-state index contributed by atoms with van der Waals surface area (Å²) in [5.74, 6) is 0. The highest BCUT2D eigenvalue weighted by molar-refractivity contribution is 5.90. The Balaban J connectivity index is 0. The van der Waals surface area contributed by atoms with Crippen LogP contribution in [0.2, 0.25) is 0 Å². The zero-order chi connectivity index (χ0) is 17.5. The van der Waals surface area contributed by atoms with Gasteiger partial charge in [0.2, 0.25) is 0 Å². The Kier molecular flexibility index (Phi) is 14.8. The van der Waals surface area contributed by atoms with Crippen LogP contribution in [0.4, 0.5) is 0 Å². The molecule has 2 aromatic rings. The number of allylic oxidation sites excluding steroid dienone is 1. The van der Waals surface area contributed by atoms with Crippen LogP contribution in [0.5, 0.6) is 0 Å². The largest absolute Gasteiger partial charge is 0.0870 e. The number of hydrogen-bond acceptors (Lipinski definition) is 0. The van der Waals surface area contributed by atoms with Gasteiger partial charge in [0.25, 0.3) is 0 Å². The van der Waals surface area contributed by atoms with Crippen LogP contribution in [0.15, 0.2) is 36.4 Å². The Morgan fingerprint density at radius 1 is 0.909 bits per heavy atom. The van der Waals surface area contributed by atoms with E-state index in [4.69, 9.17) is 0 Å². The summed E-state index contributed by atoms with van der Waals surface area (Å²) in [6, 6.07) is 10.9. The first-order valence-corrected chi connectivity index (χ1v) is 8.91. The van der Waals surface area contributed by atoms with Gasteiger partial charge >= 0.3 is 0 Å². The molecule has 0 nitrogen and oxygen atoms in total. The van der Waals surface area contributed by atoms with E-state index in [-0.39, 0.29) is 0 Å². The van der Waals surface area contributed by atoms with Gasteiger partial charge < -0.3 is 0 Å². The van der Waals surface area contributed by atoms with Gasteiger partial charge in [-0.1, -0.05) is 91.0 Å². The second-order valence-electron chi connectivity index (χ2n) is 4.16. The standard InChI is InChI=1S/C16H18.3C2H6/c1-4-8-15-12(3)11-13-9-6-7-10-16(13)14(15)5-2;3*1-2/h4,6-11H,5H2,1-3H3;3*1-2H3/b8-4-;;;. The van der Waals surface area contributed by atoms with E-state index < -0.39 is 0 Å². The van der Waals surface area contributed by atoms with Crippen LogP contribution in [0.25, 0.3) is 16.8 Å². The molecule has 0 radical (unpaired) electrons. The third-order valence-corrected chi connectivity index (χ3v) is 3.09. The summed E-state index contributed by atoms with van der Waals surface area (Å²) in [5.41, 5.74) is 4.23. The minimum absolute atomic E-state index is 1.09. The van der Waals surface area contributed by atoms with Gasteiger partial charge in [-0.25, -0.2) is 0 Å². The molecule has 0 unspecified atom stereocenters. The maximum Gasteiger partial charge on any atom is -0.0146 e. The Labute approximate surface area is 139 Å². The van der Waals surface area contributed by atoms with E-state index in [2.05, 4.69) is 63.3 Å². The summed E-state index contributed by atoms with van der Waals surface area (Å²) >= 11 is 0. The van der Waals surface area contributed by atoms with Crippen LogP contribution in [0.3, 0.4) is 0 Å². The molecule has 124 valence electrons. The second-order valence-corrected chi connectivity index (χ2v) is 4.16. The minimum Gasteiger partial charge on any atom is -0.0870 e. The molecular weight excluding hydrogens is 264 g/mol. The Morgan fingerprint density at radius 2 is 1.45 bits per heavy atom. The van der Waals surface area contributed by atoms with Crippen molar-refractivity contribution in [1.82, 2.24) is 0 Å². The van der Waals surface area contributed by atoms with E-state index in [0.29, 0.717) is 0 Å². The fourth-order valence-corrected chi connectivity index (χ4v) is 2.37. The number of rotatable bonds is 2. The first kappa shape index (κ1) is 22.7. The van der Waals surface area contributed by atoms with Crippen LogP contribution in [-0.2, 0) is 6.42 Å². The lowest BCUT2D eigenvalue weighted by Gasteiger charge is -2.12. The van der Waals surface area contributed by atoms with Crippen molar-refractivity contribution in [3.63, 3.8) is 0 Å². The minimum atomic E-state index is 1.09. The maximum atomic E-state index is 2.28. The maximum absolute atomic E-state index is 2.28. The van der Waals surface area contributed by atoms with Gasteiger partial charge in [-0.3, -0.25) is 0 Å². The van der Waals surface area contributed by atoms with Gasteiger partial charge in [-0.05, 0) is 47.7 Å². The highest BCUT2D eigenvalue weighted by Crippen LogP contribution is 2.27. The van der Waals surface area contributed by atoms with E-state index >= 15 is 0 Å². The van der Waals surface area contributed by atoms with E-state index in [1.54, 1.807) is 0 Å². The normalized spacial score (nSPS) is 9.14. The van der Waals surface area contributed by atoms with Crippen molar-refractivity contribution >= 4 is 16.8 Å². The Morgan fingerprint density at radius 3 is 1.95 bits per heavy atom. The van der Waals surface area contributed by atoms with Crippen molar-refractivity contribution in [1.29, 1.82) is 0 Å². The quantitative estimate of drug-likeness (QED) is 0.530. The Hall–Kier alpha value is -1.56. The van der Waals surface area contributed by atoms with Crippen molar-refractivity contribution < 1.29 is 0 Å². The summed E-state index contributed by atoms with van der Waals surface area (Å²) in [7, 11) is 0. The van der Waals surface area contributed by atoms with Crippen molar-refractivity contribution in [2.45, 2.75) is 68.7 Å². The highest BCUT2D eigenvalue weighted by Gasteiger charge is 2.06. The van der Waals surface area contributed by atoms with Crippen LogP contribution in [0, 0.1) is 6.92 Å². The molecule has 0 saturated carbocycles. The zero-order valence-corrected chi connectivity index (χ0v) is 16.2. The highest BCUT2D eigenvalue weighted by atomic mass is 14.1. The van der Waals surface area contributed by atoms with Crippen LogP contribution < -0.4 is 0 Å². The summed E-state index contributed by atoms with van der Waals surface area (Å²) in [4.78, 5) is 0. The molecule has 0 atom stereocenters. The van der Waals surface area contributed by atoms with E-state index in [0.717, 1.165) is 6.42 Å². The molecule has 0 aliphatic carbocycles. The summed E-state index contributed by atoms with van der Waals surface area (Å²) < 4.78 is 0. The van der Waals surface area contributed by atoms with Crippen molar-refractivity contribution in [2.75, 3.05) is 0 Å². The molecule has 0 N–H and O–H groups in total. The van der Waals surface area contributed by atoms with E-state index in [9.17, 15) is 0 Å². The molecule has 2 rings (SSSR count). The lowest BCUT2D eigenvalue weighted by Crippen LogP contribution is -1.93. The van der Waals surface area contributed by atoms with E-state index in [1.165, 1.54) is 27.5 Å². The lowest BCUT2D eigenvalue weighted by molar-refractivity contribution is 1.14. The summed E-state index contributed by atoms with van der Waals surface area (Å²) in [6.45, 7) is 18.5. The van der Waals surface area contributed by atoms with Gasteiger partial charge in [0.15, 0.2) is 0 Å². The molecule has 0 amide bonds. The van der Waals surface area contributed by atoms with Crippen LogP contribution >= 0.6 is 0 Å². The first-order chi connectivity index (χ1) is 10.8. The fraction of sp³-hybridized carbons (Fsp3) is 0.455. The number of aryl methyl sites for hydroxylation is 2. The molecule has 0 fully saturated rings. The smallest absolute Gasteiger partial charge is 0.0146 e. The average Bonchev–Trinajstić information content (AvgIpc) is 2.61. The van der Waals surface area contributed by atoms with Crippen LogP contribution in [-0.4, -0.2) is 0 Å². The van der Waals surface area contributed by atoms with E-state index in [1.807, 2.05) is 41.5 Å². The van der Waals surface area contributed by atoms with Crippen molar-refractivity contribution in [3.05, 3.63) is 53.1 Å². The van der Waals surface area contributed by atoms with Gasteiger partial charge in [0.05, 0.1) is 0 Å². The predicted molar refractivity (Wildman–Crippen MR) is 107 cm³/mol. The number of benzene rings is 2. The predicted octanol–water partition coefficient (Wildman–Crippen LogP) is 7.82. The summed E-state index contributed by atoms with van der Waals surface area (Å²) in [6.07, 6.45) is 5.43. The van der Waals surface area contributed by atoms with Crippen molar-refractivity contribution in [3.8, 4) is 0 Å². The average molecular weight is 301 g/mol. The monoisotopic (exact) mass is 300 g/mol. The van der Waals surface area contributed by atoms with Gasteiger partial charge in [-0.15, -0.1) is 0 Å². The van der Waals surface area contributed by atoms with Crippen LogP contribution in [0.1, 0.15) is 72.1 Å². The summed E-state index contributed by atoms with van der Waals surface area (Å²) in [5, 5.41) is 2.74. The molecule has 0 spiro atoms. The SMILES string of the molecule is C/C=C\c1c(C)cc2ccccc2c1CC.CC.CC.CC. The lowest BCUT2D eigenvalue weighted by atomic mass is 9.93. The molecule has 0 heteroatoms. The molecule has 0 heterocycles. The van der Waals surface area contributed by atoms with Gasteiger partial charge in [0, 0.05) is 0 Å². The second kappa shape index (κ2) is 14.4. The third-order valence-electron chi connectivity index (χ3n) is 3.09. The van der Waals surface area contributed by atoms with Crippen molar-refractivity contribution in [2.24, 2.45) is 0 Å². The molecule has 0 saturated heterocycles. The molecular formula is C22H36. The first-order valence-electron chi connectivity index (χ1n) is 8.91. The molecule has 0 aliphatic rings. The zero-order valence-electron chi connectivity index (χ0n) is 16.2. The Bertz CT molecular complexity index is 533. The van der Waals surface area contributed by atoms with Gasteiger partial charge in [0.1, 0.15) is 0 Å².